The quantitative estimate of drug-likeness (QED) is 0.335. The number of aliphatic carboxylic acids is 1. The number of carbonyl (C=O) groups is 1. The van der Waals surface area contributed by atoms with E-state index in [9.17, 15) is 39.9 Å². The number of alkyl halides is 6. The lowest BCUT2D eigenvalue weighted by molar-refractivity contribution is -0.274. The van der Waals surface area contributed by atoms with Crippen LogP contribution in [0.4, 0.5) is 35.1 Å². The molecular formula is C21H13F8NO4S. The molecule has 14 heteroatoms. The Kier molecular flexibility index (Phi) is 7.53. The summed E-state index contributed by atoms with van der Waals surface area (Å²) in [5.41, 5.74) is -0.903. The van der Waals surface area contributed by atoms with Crippen LogP contribution < -0.4 is 9.47 Å². The van der Waals surface area contributed by atoms with E-state index in [4.69, 9.17) is 9.84 Å². The van der Waals surface area contributed by atoms with Crippen LogP contribution in [0.1, 0.15) is 22.4 Å². The zero-order chi connectivity index (χ0) is 26.0. The lowest BCUT2D eigenvalue weighted by Gasteiger charge is -2.13. The molecular weight excluding hydrogens is 514 g/mol. The van der Waals surface area contributed by atoms with Gasteiger partial charge in [0.1, 0.15) is 17.2 Å². The number of nitrogens with zero attached hydrogens (tertiary/aromatic N) is 1. The number of hydrogen-bond donors (Lipinski definition) is 1. The number of halogens is 8. The summed E-state index contributed by atoms with van der Waals surface area (Å²) in [6, 6.07) is 5.43. The lowest BCUT2D eigenvalue weighted by Crippen LogP contribution is -2.16. The molecule has 1 N–H and O–H groups in total. The summed E-state index contributed by atoms with van der Waals surface area (Å²) < 4.78 is 119. The van der Waals surface area contributed by atoms with Crippen molar-refractivity contribution in [2.75, 3.05) is 0 Å². The molecule has 0 saturated heterocycles. The molecule has 0 amide bonds. The van der Waals surface area contributed by atoms with Gasteiger partial charge in [-0.05, 0) is 59.9 Å². The number of aryl methyl sites for hydroxylation is 1. The molecule has 188 valence electrons. The highest BCUT2D eigenvalue weighted by atomic mass is 32.1. The highest BCUT2D eigenvalue weighted by molar-refractivity contribution is 7.06. The van der Waals surface area contributed by atoms with Crippen molar-refractivity contribution >= 4 is 17.5 Å². The second-order valence-electron chi connectivity index (χ2n) is 6.98. The minimum Gasteiger partial charge on any atom is -0.483 e. The van der Waals surface area contributed by atoms with Gasteiger partial charge in [0.05, 0.1) is 5.69 Å². The van der Waals surface area contributed by atoms with E-state index in [-0.39, 0.29) is 34.8 Å². The van der Waals surface area contributed by atoms with Crippen molar-refractivity contribution in [3.8, 4) is 22.8 Å². The number of carboxylic acid groups (broad SMARTS) is 1. The first kappa shape index (κ1) is 26.2. The first-order valence-electron chi connectivity index (χ1n) is 9.49. The standard InChI is InChI=1S/C21H13F8NO4S/c22-14-7-10(1-6-16(31)32)8-15(23)18(14)33-9-13-17(30-35-19(13)20(24,25)26)11-2-4-12(5-3-11)34-21(27,28)29/h2-5,7-8H,1,6,9H2,(H,31,32). The molecule has 2 aromatic carbocycles. The van der Waals surface area contributed by atoms with Crippen molar-refractivity contribution in [3.63, 3.8) is 0 Å². The average molecular weight is 527 g/mol. The lowest BCUT2D eigenvalue weighted by atomic mass is 10.1. The molecule has 0 aliphatic heterocycles. The van der Waals surface area contributed by atoms with Gasteiger partial charge < -0.3 is 14.6 Å². The zero-order valence-corrected chi connectivity index (χ0v) is 18.0. The minimum atomic E-state index is -4.97. The van der Waals surface area contributed by atoms with E-state index in [0.717, 1.165) is 36.4 Å². The largest absolute Gasteiger partial charge is 0.573 e. The van der Waals surface area contributed by atoms with Gasteiger partial charge in [0.25, 0.3) is 0 Å². The van der Waals surface area contributed by atoms with Crippen LogP contribution >= 0.6 is 11.5 Å². The number of rotatable bonds is 8. The molecule has 0 bridgehead atoms. The summed E-state index contributed by atoms with van der Waals surface area (Å²) in [5, 5.41) is 8.67. The van der Waals surface area contributed by atoms with Crippen LogP contribution in [0, 0.1) is 11.6 Å². The normalized spacial score (nSPS) is 12.0. The number of hydrogen-bond acceptors (Lipinski definition) is 5. The predicted octanol–water partition coefficient (Wildman–Crippen LogP) is 6.60. The second kappa shape index (κ2) is 10.1. The van der Waals surface area contributed by atoms with Gasteiger partial charge in [0.2, 0.25) is 0 Å². The summed E-state index contributed by atoms with van der Waals surface area (Å²) in [6.07, 6.45) is -10.5. The van der Waals surface area contributed by atoms with Crippen molar-refractivity contribution in [2.24, 2.45) is 0 Å². The average Bonchev–Trinajstić information content (AvgIpc) is 3.15. The Hall–Kier alpha value is -3.42. The fraction of sp³-hybridized carbons (Fsp3) is 0.238. The van der Waals surface area contributed by atoms with E-state index < -0.39 is 65.1 Å². The Morgan fingerprint density at radius 1 is 1.00 bits per heavy atom. The highest BCUT2D eigenvalue weighted by Crippen LogP contribution is 2.41. The van der Waals surface area contributed by atoms with Crippen molar-refractivity contribution in [1.82, 2.24) is 4.37 Å². The maximum atomic E-state index is 14.3. The summed E-state index contributed by atoms with van der Waals surface area (Å²) in [4.78, 5) is 9.40. The maximum absolute atomic E-state index is 14.3. The van der Waals surface area contributed by atoms with Crippen LogP contribution in [0.3, 0.4) is 0 Å². The molecule has 5 nitrogen and oxygen atoms in total. The summed E-state index contributed by atoms with van der Waals surface area (Å²) >= 11 is 0.0381. The van der Waals surface area contributed by atoms with Crippen LogP contribution in [-0.4, -0.2) is 21.8 Å². The first-order chi connectivity index (χ1) is 16.2. The van der Waals surface area contributed by atoms with Crippen LogP contribution in [-0.2, 0) is 24.0 Å². The molecule has 0 fully saturated rings. The molecule has 0 spiro atoms. The van der Waals surface area contributed by atoms with E-state index in [1.54, 1.807) is 0 Å². The molecule has 3 rings (SSSR count). The second-order valence-corrected chi connectivity index (χ2v) is 7.75. The number of benzene rings is 2. The smallest absolute Gasteiger partial charge is 0.483 e. The monoisotopic (exact) mass is 527 g/mol. The van der Waals surface area contributed by atoms with Crippen LogP contribution in [0.5, 0.6) is 11.5 Å². The summed E-state index contributed by atoms with van der Waals surface area (Å²) in [7, 11) is 0. The van der Waals surface area contributed by atoms with Gasteiger partial charge in [-0.2, -0.15) is 17.5 Å². The molecule has 0 saturated carbocycles. The van der Waals surface area contributed by atoms with Crippen molar-refractivity contribution in [2.45, 2.75) is 32.0 Å². The summed E-state index contributed by atoms with van der Waals surface area (Å²) in [5.74, 6) is -5.29. The molecule has 1 heterocycles. The SMILES string of the molecule is O=C(O)CCc1cc(F)c(OCc2c(-c3ccc(OC(F)(F)F)cc3)nsc2C(F)(F)F)c(F)c1. The Balaban J connectivity index is 1.90. The van der Waals surface area contributed by atoms with E-state index in [1.807, 2.05) is 0 Å². The molecule has 3 aromatic rings. The fourth-order valence-electron chi connectivity index (χ4n) is 3.00. The number of aromatic nitrogens is 1. The van der Waals surface area contributed by atoms with Gasteiger partial charge in [0, 0.05) is 17.5 Å². The molecule has 0 aliphatic carbocycles. The molecule has 0 aliphatic rings. The third-order valence-corrected chi connectivity index (χ3v) is 5.39. The Bertz CT molecular complexity index is 1180. The first-order valence-corrected chi connectivity index (χ1v) is 10.3. The van der Waals surface area contributed by atoms with E-state index in [2.05, 4.69) is 9.11 Å². The Labute approximate surface area is 195 Å². The van der Waals surface area contributed by atoms with Crippen molar-refractivity contribution in [1.29, 1.82) is 0 Å². The van der Waals surface area contributed by atoms with E-state index in [0.29, 0.717) is 0 Å². The van der Waals surface area contributed by atoms with E-state index in [1.165, 1.54) is 0 Å². The predicted molar refractivity (Wildman–Crippen MR) is 106 cm³/mol. The van der Waals surface area contributed by atoms with Gasteiger partial charge in [-0.1, -0.05) is 0 Å². The highest BCUT2D eigenvalue weighted by Gasteiger charge is 2.38. The van der Waals surface area contributed by atoms with Crippen LogP contribution in [0.2, 0.25) is 0 Å². The van der Waals surface area contributed by atoms with Gasteiger partial charge in [-0.25, -0.2) is 8.78 Å². The topological polar surface area (TPSA) is 68.7 Å². The Morgan fingerprint density at radius 3 is 2.11 bits per heavy atom. The Morgan fingerprint density at radius 2 is 1.60 bits per heavy atom. The third kappa shape index (κ3) is 6.81. The van der Waals surface area contributed by atoms with Crippen molar-refractivity contribution in [3.05, 3.63) is 64.0 Å². The fourth-order valence-corrected chi connectivity index (χ4v) is 3.76. The summed E-state index contributed by atoms with van der Waals surface area (Å²) in [6.45, 7) is -0.968. The molecule has 35 heavy (non-hydrogen) atoms. The van der Waals surface area contributed by atoms with Crippen molar-refractivity contribution < 1.29 is 54.5 Å². The zero-order valence-electron chi connectivity index (χ0n) is 17.1. The molecule has 0 radical (unpaired) electrons. The van der Waals surface area contributed by atoms with Crippen LogP contribution in [0.25, 0.3) is 11.3 Å². The van der Waals surface area contributed by atoms with Gasteiger partial charge >= 0.3 is 18.5 Å². The molecule has 1 aromatic heterocycles. The van der Waals surface area contributed by atoms with Gasteiger partial charge in [-0.3, -0.25) is 4.79 Å². The molecule has 0 atom stereocenters. The molecule has 0 unspecified atom stereocenters. The van der Waals surface area contributed by atoms with Gasteiger partial charge in [-0.15, -0.1) is 13.2 Å². The number of carboxylic acids is 1. The van der Waals surface area contributed by atoms with Crippen LogP contribution in [0.15, 0.2) is 36.4 Å². The third-order valence-electron chi connectivity index (χ3n) is 4.45. The van der Waals surface area contributed by atoms with Gasteiger partial charge in [0.15, 0.2) is 17.4 Å². The minimum absolute atomic E-state index is 0.00443. The number of ether oxygens (including phenoxy) is 2. The maximum Gasteiger partial charge on any atom is 0.573 e. The van der Waals surface area contributed by atoms with E-state index >= 15 is 0 Å².